The number of nitrogens with one attached hydrogen (secondary N) is 2. The summed E-state index contributed by atoms with van der Waals surface area (Å²) in [4.78, 5) is 8.04. The Kier molecular flexibility index (Phi) is 7.50. The van der Waals surface area contributed by atoms with Crippen molar-refractivity contribution in [1.29, 1.82) is 0 Å². The second-order valence-corrected chi connectivity index (χ2v) is 8.12. The lowest BCUT2D eigenvalue weighted by atomic mass is 10.0. The van der Waals surface area contributed by atoms with Crippen LogP contribution in [0.5, 0.6) is 17.4 Å². The number of aromatic hydroxyl groups is 1. The van der Waals surface area contributed by atoms with E-state index in [1.165, 1.54) is 18.4 Å². The molecule has 0 amide bonds. The van der Waals surface area contributed by atoms with E-state index in [9.17, 15) is 5.11 Å². The number of H-pyrrole nitrogens is 1. The normalized spacial score (nSPS) is 11.7. The maximum Gasteiger partial charge on any atom is 0.199 e. The summed E-state index contributed by atoms with van der Waals surface area (Å²) in [6.07, 6.45) is 2.36. The minimum absolute atomic E-state index is 0.0460. The first-order valence-corrected chi connectivity index (χ1v) is 11.6. The molecule has 34 heavy (non-hydrogen) atoms. The van der Waals surface area contributed by atoms with Crippen molar-refractivity contribution in [3.05, 3.63) is 83.4 Å². The third kappa shape index (κ3) is 5.07. The highest BCUT2D eigenvalue weighted by Crippen LogP contribution is 2.38. The Bertz CT molecular complexity index is 1260. The number of aliphatic imine (C=N–C) groups is 1. The van der Waals surface area contributed by atoms with Gasteiger partial charge in [-0.1, -0.05) is 55.8 Å². The van der Waals surface area contributed by atoms with Crippen LogP contribution >= 0.6 is 0 Å². The van der Waals surface area contributed by atoms with Crippen LogP contribution in [0.1, 0.15) is 36.5 Å². The quantitative estimate of drug-likeness (QED) is 0.203. The maximum atomic E-state index is 10.9. The fraction of sp³-hybridized carbons (Fsp3) is 0.250. The van der Waals surface area contributed by atoms with Crippen molar-refractivity contribution in [2.45, 2.75) is 26.3 Å². The zero-order valence-corrected chi connectivity index (χ0v) is 19.9. The fourth-order valence-corrected chi connectivity index (χ4v) is 3.96. The van der Waals surface area contributed by atoms with E-state index in [0.717, 1.165) is 35.2 Å². The fourth-order valence-electron chi connectivity index (χ4n) is 3.96. The highest BCUT2D eigenvalue weighted by Gasteiger charge is 2.21. The predicted octanol–water partition coefficient (Wildman–Crippen LogP) is 5.95. The number of fused-ring (bicyclic) bond motifs is 1. The topological polar surface area (TPSA) is 78.9 Å². The Labute approximate surface area is 200 Å². The summed E-state index contributed by atoms with van der Waals surface area (Å²) in [6.45, 7) is 4.04. The molecule has 6 nitrogen and oxygen atoms in total. The standard InChI is InChI=1S/C28H31N3O3/c1-4-5-15-29-18-19-11-13-21(14-12-19)30-27(20-9-7-6-8-10-20)26-22-16-24(33-2)25(34-3)17-23(22)31-28(26)32/h6-14,16-17,29,31-32H,4-5,15,18H2,1-3H3. The number of ether oxygens (including phenoxy) is 2. The van der Waals surface area contributed by atoms with Gasteiger partial charge in [0.15, 0.2) is 17.4 Å². The molecule has 0 radical (unpaired) electrons. The van der Waals surface area contributed by atoms with Crippen LogP contribution in [0.2, 0.25) is 0 Å². The lowest BCUT2D eigenvalue weighted by molar-refractivity contribution is 0.356. The van der Waals surface area contributed by atoms with E-state index in [1.807, 2.05) is 54.6 Å². The average molecular weight is 458 g/mol. The van der Waals surface area contributed by atoms with Crippen molar-refractivity contribution < 1.29 is 14.6 Å². The molecule has 4 aromatic rings. The minimum Gasteiger partial charge on any atom is -0.494 e. The van der Waals surface area contributed by atoms with Crippen molar-refractivity contribution in [3.63, 3.8) is 0 Å². The molecule has 176 valence electrons. The largest absolute Gasteiger partial charge is 0.494 e. The van der Waals surface area contributed by atoms with Gasteiger partial charge >= 0.3 is 0 Å². The molecule has 0 fully saturated rings. The summed E-state index contributed by atoms with van der Waals surface area (Å²) >= 11 is 0. The first-order valence-electron chi connectivity index (χ1n) is 11.6. The molecule has 4 rings (SSSR count). The van der Waals surface area contributed by atoms with Gasteiger partial charge in [0.2, 0.25) is 0 Å². The lowest BCUT2D eigenvalue weighted by Crippen LogP contribution is -2.14. The van der Waals surface area contributed by atoms with Crippen molar-refractivity contribution in [1.82, 2.24) is 10.3 Å². The lowest BCUT2D eigenvalue weighted by Gasteiger charge is -2.10. The number of methoxy groups -OCH3 is 2. The van der Waals surface area contributed by atoms with Crippen molar-refractivity contribution in [2.24, 2.45) is 4.99 Å². The molecule has 1 aromatic heterocycles. The third-order valence-corrected chi connectivity index (χ3v) is 5.78. The number of aromatic nitrogens is 1. The van der Waals surface area contributed by atoms with Crippen LogP contribution in [0.4, 0.5) is 5.69 Å². The summed E-state index contributed by atoms with van der Waals surface area (Å²) in [5.41, 5.74) is 4.95. The monoisotopic (exact) mass is 457 g/mol. The summed E-state index contributed by atoms with van der Waals surface area (Å²) in [5, 5.41) is 15.2. The molecule has 1 heterocycles. The summed E-state index contributed by atoms with van der Waals surface area (Å²) < 4.78 is 10.9. The van der Waals surface area contributed by atoms with Gasteiger partial charge in [-0.2, -0.15) is 0 Å². The van der Waals surface area contributed by atoms with Gasteiger partial charge in [-0.05, 0) is 36.7 Å². The number of aromatic amines is 1. The minimum atomic E-state index is 0.0460. The molecule has 0 saturated heterocycles. The van der Waals surface area contributed by atoms with Crippen LogP contribution in [-0.4, -0.2) is 36.6 Å². The number of benzene rings is 3. The van der Waals surface area contributed by atoms with Crippen LogP contribution in [0.15, 0.2) is 71.7 Å². The van der Waals surface area contributed by atoms with Gasteiger partial charge in [0.05, 0.1) is 36.7 Å². The van der Waals surface area contributed by atoms with Gasteiger partial charge in [-0.3, -0.25) is 0 Å². The predicted molar refractivity (Wildman–Crippen MR) is 138 cm³/mol. The molecule has 0 atom stereocenters. The number of rotatable bonds is 10. The Morgan fingerprint density at radius 3 is 2.35 bits per heavy atom. The number of nitrogens with zero attached hydrogens (tertiary/aromatic N) is 1. The van der Waals surface area contributed by atoms with Crippen LogP contribution in [-0.2, 0) is 6.54 Å². The Morgan fingerprint density at radius 1 is 0.971 bits per heavy atom. The number of unbranched alkanes of at least 4 members (excludes halogenated alkanes) is 1. The highest BCUT2D eigenvalue weighted by atomic mass is 16.5. The van der Waals surface area contributed by atoms with Gasteiger partial charge in [0.1, 0.15) is 0 Å². The Hall–Kier alpha value is -3.77. The van der Waals surface area contributed by atoms with Gasteiger partial charge in [0, 0.05) is 23.6 Å². The van der Waals surface area contributed by atoms with E-state index in [4.69, 9.17) is 14.5 Å². The number of hydrogen-bond donors (Lipinski definition) is 3. The SMILES string of the molecule is CCCCNCc1ccc(N=C(c2ccccc2)c2c(O)[nH]c3cc(OC)c(OC)cc23)cc1. The van der Waals surface area contributed by atoms with E-state index < -0.39 is 0 Å². The molecule has 0 aliphatic rings. The maximum absolute atomic E-state index is 10.9. The van der Waals surface area contributed by atoms with E-state index in [-0.39, 0.29) is 5.88 Å². The zero-order valence-electron chi connectivity index (χ0n) is 19.9. The summed E-state index contributed by atoms with van der Waals surface area (Å²) in [7, 11) is 3.19. The van der Waals surface area contributed by atoms with Gasteiger partial charge in [0.25, 0.3) is 0 Å². The molecule has 0 bridgehead atoms. The van der Waals surface area contributed by atoms with Crippen molar-refractivity contribution in [2.75, 3.05) is 20.8 Å². The molecule has 0 saturated carbocycles. The first-order chi connectivity index (χ1) is 16.6. The molecule has 3 aromatic carbocycles. The van der Waals surface area contributed by atoms with E-state index in [1.54, 1.807) is 14.2 Å². The number of hydrogen-bond acceptors (Lipinski definition) is 5. The van der Waals surface area contributed by atoms with Crippen LogP contribution in [0.3, 0.4) is 0 Å². The highest BCUT2D eigenvalue weighted by molar-refractivity contribution is 6.22. The molecular weight excluding hydrogens is 426 g/mol. The molecular formula is C28H31N3O3. The molecule has 0 aliphatic carbocycles. The van der Waals surface area contributed by atoms with E-state index in [2.05, 4.69) is 29.4 Å². The van der Waals surface area contributed by atoms with Crippen LogP contribution < -0.4 is 14.8 Å². The second-order valence-electron chi connectivity index (χ2n) is 8.12. The van der Waals surface area contributed by atoms with Crippen molar-refractivity contribution in [3.8, 4) is 17.4 Å². The molecule has 6 heteroatoms. The average Bonchev–Trinajstić information content (AvgIpc) is 3.19. The molecule has 0 aliphatic heterocycles. The molecule has 3 N–H and O–H groups in total. The van der Waals surface area contributed by atoms with Crippen LogP contribution in [0, 0.1) is 0 Å². The molecule has 0 unspecified atom stereocenters. The summed E-state index contributed by atoms with van der Waals surface area (Å²) in [5.74, 6) is 1.22. The Balaban J connectivity index is 1.77. The van der Waals surface area contributed by atoms with Crippen LogP contribution in [0.25, 0.3) is 10.9 Å². The second kappa shape index (κ2) is 10.9. The van der Waals surface area contributed by atoms with Crippen molar-refractivity contribution >= 4 is 22.3 Å². The van der Waals surface area contributed by atoms with Gasteiger partial charge in [-0.25, -0.2) is 4.99 Å². The van der Waals surface area contributed by atoms with E-state index in [0.29, 0.717) is 22.8 Å². The smallest absolute Gasteiger partial charge is 0.199 e. The Morgan fingerprint density at radius 2 is 1.68 bits per heavy atom. The molecule has 0 spiro atoms. The van der Waals surface area contributed by atoms with Gasteiger partial charge in [-0.15, -0.1) is 0 Å². The summed E-state index contributed by atoms with van der Waals surface area (Å²) in [6, 6.07) is 21.7. The first kappa shape index (κ1) is 23.4. The van der Waals surface area contributed by atoms with Gasteiger partial charge < -0.3 is 24.9 Å². The zero-order chi connectivity index (χ0) is 23.9. The van der Waals surface area contributed by atoms with E-state index >= 15 is 0 Å². The third-order valence-electron chi connectivity index (χ3n) is 5.78.